The van der Waals surface area contributed by atoms with Crippen LogP contribution in [0.4, 0.5) is 4.39 Å². The van der Waals surface area contributed by atoms with Crippen LogP contribution in [0.25, 0.3) is 0 Å². The Morgan fingerprint density at radius 1 is 1.40 bits per heavy atom. The summed E-state index contributed by atoms with van der Waals surface area (Å²) >= 11 is 0. The molecule has 0 spiro atoms. The van der Waals surface area contributed by atoms with Gasteiger partial charge in [0, 0.05) is 5.56 Å². The molecule has 1 aromatic carbocycles. The fraction of sp³-hybridized carbons (Fsp3) is 0.286. The average Bonchev–Trinajstić information content (AvgIpc) is 2.39. The molecule has 1 rings (SSSR count). The van der Waals surface area contributed by atoms with Crippen LogP contribution >= 0.6 is 0 Å². The minimum atomic E-state index is -1.18. The number of halogens is 1. The maximum absolute atomic E-state index is 13.0. The van der Waals surface area contributed by atoms with E-state index >= 15 is 0 Å². The van der Waals surface area contributed by atoms with Gasteiger partial charge in [-0.15, -0.1) is 0 Å². The first-order chi connectivity index (χ1) is 9.45. The van der Waals surface area contributed by atoms with Crippen LogP contribution in [-0.4, -0.2) is 35.0 Å². The lowest BCUT2D eigenvalue weighted by atomic mass is 10.2. The number of hydrogen-bond donors (Lipinski definition) is 1. The molecule has 0 unspecified atom stereocenters. The molecule has 0 aromatic heterocycles. The van der Waals surface area contributed by atoms with Gasteiger partial charge in [0.25, 0.3) is 5.91 Å². The first-order valence-electron chi connectivity index (χ1n) is 6.01. The van der Waals surface area contributed by atoms with Gasteiger partial charge in [0.1, 0.15) is 12.3 Å². The van der Waals surface area contributed by atoms with Crippen LogP contribution in [0.5, 0.6) is 5.75 Å². The minimum Gasteiger partial charge on any atom is -0.508 e. The number of nitrogens with zero attached hydrogens (tertiary/aromatic N) is 1. The van der Waals surface area contributed by atoms with Gasteiger partial charge in [-0.1, -0.05) is 24.8 Å². The van der Waals surface area contributed by atoms with Gasteiger partial charge in [0.2, 0.25) is 0 Å². The number of hydrogen-bond acceptors (Lipinski definition) is 4. The van der Waals surface area contributed by atoms with E-state index in [1.807, 2.05) is 0 Å². The minimum absolute atomic E-state index is 0.0429. The van der Waals surface area contributed by atoms with Crippen molar-refractivity contribution in [1.82, 2.24) is 4.90 Å². The molecule has 0 fully saturated rings. The van der Waals surface area contributed by atoms with Gasteiger partial charge in [-0.25, -0.2) is 4.39 Å². The zero-order valence-corrected chi connectivity index (χ0v) is 11.1. The predicted octanol–water partition coefficient (Wildman–Crippen LogP) is 1.77. The number of esters is 1. The SMILES string of the molecule is C=C(F)C(=O)N(CC(=O)OCC)Cc1ccccc1O. The van der Waals surface area contributed by atoms with Gasteiger partial charge in [-0.05, 0) is 13.0 Å². The highest BCUT2D eigenvalue weighted by Gasteiger charge is 2.21. The summed E-state index contributed by atoms with van der Waals surface area (Å²) in [4.78, 5) is 24.0. The molecule has 108 valence electrons. The van der Waals surface area contributed by atoms with Crippen LogP contribution in [0.1, 0.15) is 12.5 Å². The van der Waals surface area contributed by atoms with Crippen molar-refractivity contribution in [2.24, 2.45) is 0 Å². The van der Waals surface area contributed by atoms with Crippen LogP contribution in [0.15, 0.2) is 36.7 Å². The normalized spacial score (nSPS) is 9.90. The van der Waals surface area contributed by atoms with Crippen LogP contribution < -0.4 is 0 Å². The van der Waals surface area contributed by atoms with Crippen molar-refractivity contribution in [2.45, 2.75) is 13.5 Å². The second-order valence-corrected chi connectivity index (χ2v) is 4.00. The highest BCUT2D eigenvalue weighted by atomic mass is 19.1. The molecule has 0 bridgehead atoms. The van der Waals surface area contributed by atoms with Gasteiger partial charge < -0.3 is 14.7 Å². The number of carbonyl (C=O) groups excluding carboxylic acids is 2. The number of para-hydroxylation sites is 1. The maximum atomic E-state index is 13.0. The summed E-state index contributed by atoms with van der Waals surface area (Å²) in [6, 6.07) is 6.28. The highest BCUT2D eigenvalue weighted by Crippen LogP contribution is 2.18. The number of amides is 1. The van der Waals surface area contributed by atoms with Crippen molar-refractivity contribution >= 4 is 11.9 Å². The van der Waals surface area contributed by atoms with Crippen molar-refractivity contribution < 1.29 is 23.8 Å². The van der Waals surface area contributed by atoms with Crippen LogP contribution in [0.3, 0.4) is 0 Å². The Morgan fingerprint density at radius 3 is 2.60 bits per heavy atom. The zero-order valence-electron chi connectivity index (χ0n) is 11.1. The molecule has 0 atom stereocenters. The standard InChI is InChI=1S/C14H16FNO4/c1-3-20-13(18)9-16(14(19)10(2)15)8-11-6-4-5-7-12(11)17/h4-7,17H,2-3,8-9H2,1H3. The number of aromatic hydroxyl groups is 1. The molecule has 6 heteroatoms. The second kappa shape index (κ2) is 7.28. The molecular formula is C14H16FNO4. The predicted molar refractivity (Wildman–Crippen MR) is 70.4 cm³/mol. The van der Waals surface area contributed by atoms with E-state index in [0.29, 0.717) is 5.56 Å². The molecule has 1 amide bonds. The lowest BCUT2D eigenvalue weighted by Gasteiger charge is -2.21. The Kier molecular flexibility index (Phi) is 5.71. The van der Waals surface area contributed by atoms with Crippen LogP contribution in [0.2, 0.25) is 0 Å². The van der Waals surface area contributed by atoms with Gasteiger partial charge in [-0.3, -0.25) is 9.59 Å². The van der Waals surface area contributed by atoms with Crippen molar-refractivity contribution in [3.8, 4) is 5.75 Å². The fourth-order valence-corrected chi connectivity index (χ4v) is 1.58. The number of benzene rings is 1. The summed E-state index contributed by atoms with van der Waals surface area (Å²) in [6.45, 7) is 4.18. The lowest BCUT2D eigenvalue weighted by Crippen LogP contribution is -2.36. The molecule has 0 aliphatic rings. The quantitative estimate of drug-likeness (QED) is 0.637. The molecule has 0 heterocycles. The van der Waals surface area contributed by atoms with Crippen molar-refractivity contribution in [3.05, 3.63) is 42.2 Å². The Labute approximate surface area is 116 Å². The van der Waals surface area contributed by atoms with E-state index in [1.54, 1.807) is 25.1 Å². The van der Waals surface area contributed by atoms with Gasteiger partial charge in [-0.2, -0.15) is 0 Å². The first-order valence-corrected chi connectivity index (χ1v) is 6.01. The Hall–Kier alpha value is -2.37. The number of ether oxygens (including phenoxy) is 1. The molecule has 0 saturated heterocycles. The molecule has 20 heavy (non-hydrogen) atoms. The molecule has 1 aromatic rings. The molecule has 0 radical (unpaired) electrons. The largest absolute Gasteiger partial charge is 0.508 e. The molecule has 0 saturated carbocycles. The van der Waals surface area contributed by atoms with Crippen molar-refractivity contribution in [3.63, 3.8) is 0 Å². The maximum Gasteiger partial charge on any atom is 0.325 e. The Bertz CT molecular complexity index is 516. The second-order valence-electron chi connectivity index (χ2n) is 4.00. The zero-order chi connectivity index (χ0) is 15.1. The summed E-state index contributed by atoms with van der Waals surface area (Å²) in [5.74, 6) is -2.89. The highest BCUT2D eigenvalue weighted by molar-refractivity contribution is 5.92. The van der Waals surface area contributed by atoms with Crippen LogP contribution in [0, 0.1) is 0 Å². The monoisotopic (exact) mass is 281 g/mol. The molecule has 1 N–H and O–H groups in total. The smallest absolute Gasteiger partial charge is 0.325 e. The van der Waals surface area contributed by atoms with Gasteiger partial charge >= 0.3 is 5.97 Å². The van der Waals surface area contributed by atoms with E-state index in [4.69, 9.17) is 4.74 Å². The summed E-state index contributed by atoms with van der Waals surface area (Å²) in [5, 5.41) is 9.65. The molecule has 0 aliphatic carbocycles. The van der Waals surface area contributed by atoms with E-state index in [2.05, 4.69) is 6.58 Å². The summed E-state index contributed by atoms with van der Waals surface area (Å²) in [6.07, 6.45) is 0. The third-order valence-electron chi connectivity index (χ3n) is 2.50. The van der Waals surface area contributed by atoms with Crippen molar-refractivity contribution in [2.75, 3.05) is 13.2 Å². The van der Waals surface area contributed by atoms with Gasteiger partial charge in [0.15, 0.2) is 5.83 Å². The van der Waals surface area contributed by atoms with Gasteiger partial charge in [0.05, 0.1) is 13.2 Å². The van der Waals surface area contributed by atoms with E-state index in [-0.39, 0.29) is 18.9 Å². The average molecular weight is 281 g/mol. The van der Waals surface area contributed by atoms with Crippen molar-refractivity contribution in [1.29, 1.82) is 0 Å². The van der Waals surface area contributed by atoms with E-state index in [1.165, 1.54) is 6.07 Å². The topological polar surface area (TPSA) is 66.8 Å². The third-order valence-corrected chi connectivity index (χ3v) is 2.50. The Balaban J connectivity index is 2.88. The fourth-order valence-electron chi connectivity index (χ4n) is 1.58. The number of carbonyl (C=O) groups is 2. The molecule has 0 aliphatic heterocycles. The summed E-state index contributed by atoms with van der Waals surface area (Å²) in [5.41, 5.74) is 0.395. The number of phenolic OH excluding ortho intramolecular Hbond substituents is 1. The van der Waals surface area contributed by atoms with E-state index < -0.39 is 24.2 Å². The summed E-state index contributed by atoms with van der Waals surface area (Å²) in [7, 11) is 0. The van der Waals surface area contributed by atoms with E-state index in [9.17, 15) is 19.1 Å². The lowest BCUT2D eigenvalue weighted by molar-refractivity contribution is -0.148. The number of rotatable bonds is 6. The first kappa shape index (κ1) is 15.7. The molecular weight excluding hydrogens is 265 g/mol. The van der Waals surface area contributed by atoms with E-state index in [0.717, 1.165) is 4.90 Å². The Morgan fingerprint density at radius 2 is 2.05 bits per heavy atom. The number of phenols is 1. The third kappa shape index (κ3) is 4.38. The van der Waals surface area contributed by atoms with Crippen LogP contribution in [-0.2, 0) is 20.9 Å². The summed E-state index contributed by atoms with van der Waals surface area (Å²) < 4.78 is 17.7. The molecule has 5 nitrogen and oxygen atoms in total.